The lowest BCUT2D eigenvalue weighted by molar-refractivity contribution is -0.0114. The molecule has 2 atom stereocenters. The first-order valence-corrected chi connectivity index (χ1v) is 8.60. The quantitative estimate of drug-likeness (QED) is 0.324. The zero-order chi connectivity index (χ0) is 18.1. The molecule has 0 radical (unpaired) electrons. The van der Waals surface area contributed by atoms with Crippen LogP contribution in [0.3, 0.4) is 0 Å². The number of rotatable bonds is 12. The number of pyridine rings is 1. The van der Waals surface area contributed by atoms with Gasteiger partial charge in [0.05, 0.1) is 62.0 Å². The fourth-order valence-corrected chi connectivity index (χ4v) is 2.23. The van der Waals surface area contributed by atoms with Crippen LogP contribution < -0.4 is 10.6 Å². The minimum absolute atomic E-state index is 0.0930. The number of alkyl halides is 2. The molecule has 1 rings (SSSR count). The molecule has 0 amide bonds. The zero-order valence-corrected chi connectivity index (χ0v) is 15.4. The summed E-state index contributed by atoms with van der Waals surface area (Å²) in [6.45, 7) is 3.71. The van der Waals surface area contributed by atoms with Crippen molar-refractivity contribution in [3.63, 3.8) is 0 Å². The second-order valence-corrected chi connectivity index (χ2v) is 6.12. The molecule has 4 N–H and O–H groups in total. The summed E-state index contributed by atoms with van der Waals surface area (Å²) >= 11 is 11.9. The van der Waals surface area contributed by atoms with Gasteiger partial charge in [-0.3, -0.25) is 4.98 Å². The largest absolute Gasteiger partial charge is 0.394 e. The van der Waals surface area contributed by atoms with E-state index < -0.39 is 11.4 Å². The molecule has 0 aliphatic carbocycles. The zero-order valence-electron chi connectivity index (χ0n) is 13.9. The lowest BCUT2D eigenvalue weighted by atomic mass is 10.2. The van der Waals surface area contributed by atoms with Crippen LogP contribution in [0.1, 0.15) is 13.8 Å². The SMILES string of the molecule is CC(CCl)(Nc1cncc(NC(C)(CCl)OCCO)c1)OCCO. The van der Waals surface area contributed by atoms with Gasteiger partial charge in [0, 0.05) is 0 Å². The van der Waals surface area contributed by atoms with E-state index in [1.807, 2.05) is 6.07 Å². The Morgan fingerprint density at radius 3 is 1.71 bits per heavy atom. The van der Waals surface area contributed by atoms with Crippen LogP contribution in [-0.4, -0.2) is 64.8 Å². The highest BCUT2D eigenvalue weighted by Crippen LogP contribution is 2.23. The molecule has 0 saturated carbocycles. The number of hydrogen-bond acceptors (Lipinski definition) is 7. The van der Waals surface area contributed by atoms with Gasteiger partial charge in [-0.1, -0.05) is 0 Å². The van der Waals surface area contributed by atoms with Crippen molar-refractivity contribution in [3.05, 3.63) is 18.5 Å². The van der Waals surface area contributed by atoms with Crippen molar-refractivity contribution in [1.82, 2.24) is 4.98 Å². The van der Waals surface area contributed by atoms with Gasteiger partial charge < -0.3 is 30.3 Å². The minimum atomic E-state index is -0.840. The maximum Gasteiger partial charge on any atom is 0.149 e. The molecule has 1 aromatic rings. The van der Waals surface area contributed by atoms with E-state index in [4.69, 9.17) is 42.9 Å². The Balaban J connectivity index is 2.82. The third-order valence-corrected chi connectivity index (χ3v) is 4.11. The predicted octanol–water partition coefficient (Wildman–Crippen LogP) is 1.83. The molecule has 7 nitrogen and oxygen atoms in total. The Kier molecular flexibility index (Phi) is 9.04. The lowest BCUT2D eigenvalue weighted by Crippen LogP contribution is -2.41. The summed E-state index contributed by atoms with van der Waals surface area (Å²) in [7, 11) is 0. The van der Waals surface area contributed by atoms with Crippen LogP contribution >= 0.6 is 23.2 Å². The number of nitrogens with zero attached hydrogens (tertiary/aromatic N) is 1. The van der Waals surface area contributed by atoms with E-state index in [1.54, 1.807) is 26.2 Å². The fraction of sp³-hybridized carbons (Fsp3) is 0.667. The van der Waals surface area contributed by atoms with Gasteiger partial charge in [-0.05, 0) is 19.9 Å². The number of aliphatic hydroxyl groups is 2. The average molecular weight is 382 g/mol. The molecule has 1 aromatic heterocycles. The van der Waals surface area contributed by atoms with Crippen molar-refractivity contribution in [2.75, 3.05) is 48.8 Å². The summed E-state index contributed by atoms with van der Waals surface area (Å²) in [5.41, 5.74) is -0.318. The van der Waals surface area contributed by atoms with Gasteiger partial charge in [-0.2, -0.15) is 0 Å². The molecule has 2 unspecified atom stereocenters. The minimum Gasteiger partial charge on any atom is -0.394 e. The molecule has 0 fully saturated rings. The van der Waals surface area contributed by atoms with Crippen molar-refractivity contribution >= 4 is 34.6 Å². The van der Waals surface area contributed by atoms with Gasteiger partial charge in [-0.15, -0.1) is 23.2 Å². The van der Waals surface area contributed by atoms with E-state index in [9.17, 15) is 0 Å². The predicted molar refractivity (Wildman–Crippen MR) is 95.8 cm³/mol. The maximum atomic E-state index is 8.90. The van der Waals surface area contributed by atoms with Crippen LogP contribution in [0.25, 0.3) is 0 Å². The molecule has 0 aliphatic heterocycles. The average Bonchev–Trinajstić information content (AvgIpc) is 2.58. The Morgan fingerprint density at radius 2 is 1.38 bits per heavy atom. The summed E-state index contributed by atoms with van der Waals surface area (Å²) in [5.74, 6) is 0.368. The monoisotopic (exact) mass is 381 g/mol. The van der Waals surface area contributed by atoms with Crippen molar-refractivity contribution in [1.29, 1.82) is 0 Å². The van der Waals surface area contributed by atoms with Crippen LogP contribution in [0, 0.1) is 0 Å². The number of halogens is 2. The first-order valence-electron chi connectivity index (χ1n) is 7.53. The molecule has 138 valence electrons. The molecular weight excluding hydrogens is 357 g/mol. The highest BCUT2D eigenvalue weighted by atomic mass is 35.5. The van der Waals surface area contributed by atoms with Crippen molar-refractivity contribution in [3.8, 4) is 0 Å². The Hall–Kier alpha value is -0.830. The Bertz CT molecular complexity index is 458. The Labute approximate surface area is 152 Å². The van der Waals surface area contributed by atoms with E-state index in [0.29, 0.717) is 11.4 Å². The molecule has 9 heteroatoms. The van der Waals surface area contributed by atoms with Gasteiger partial charge in [0.2, 0.25) is 0 Å². The van der Waals surface area contributed by atoms with E-state index in [2.05, 4.69) is 15.6 Å². The normalized spacial score (nSPS) is 16.2. The standard InChI is InChI=1S/C15H25Cl2N3O4/c1-14(10-16,23-5-3-21)19-12-7-13(9-18-8-12)20-15(2,11-17)24-6-4-22/h7-9,19-22H,3-6,10-11H2,1-2H3. The van der Waals surface area contributed by atoms with E-state index >= 15 is 0 Å². The number of nitrogens with one attached hydrogen (secondary N) is 2. The number of ether oxygens (including phenoxy) is 2. The lowest BCUT2D eigenvalue weighted by Gasteiger charge is -2.31. The molecule has 0 bridgehead atoms. The first-order chi connectivity index (χ1) is 11.4. The number of aliphatic hydroxyl groups excluding tert-OH is 2. The second kappa shape index (κ2) is 10.2. The van der Waals surface area contributed by atoms with Gasteiger partial charge in [0.15, 0.2) is 0 Å². The molecule has 24 heavy (non-hydrogen) atoms. The van der Waals surface area contributed by atoms with Crippen LogP contribution in [-0.2, 0) is 9.47 Å². The van der Waals surface area contributed by atoms with Gasteiger partial charge in [0.1, 0.15) is 11.4 Å². The summed E-state index contributed by atoms with van der Waals surface area (Å²) in [6.07, 6.45) is 3.26. The highest BCUT2D eigenvalue weighted by Gasteiger charge is 2.26. The van der Waals surface area contributed by atoms with Gasteiger partial charge in [0.25, 0.3) is 0 Å². The van der Waals surface area contributed by atoms with Crippen LogP contribution in [0.4, 0.5) is 11.4 Å². The van der Waals surface area contributed by atoms with Crippen molar-refractivity contribution in [2.45, 2.75) is 25.3 Å². The van der Waals surface area contributed by atoms with Gasteiger partial charge >= 0.3 is 0 Å². The summed E-state index contributed by atoms with van der Waals surface area (Å²) in [4.78, 5) is 4.16. The smallest absolute Gasteiger partial charge is 0.149 e. The fourth-order valence-electron chi connectivity index (χ4n) is 1.95. The number of anilines is 2. The third kappa shape index (κ3) is 6.96. The van der Waals surface area contributed by atoms with E-state index in [1.165, 1.54) is 0 Å². The Morgan fingerprint density at radius 1 is 0.958 bits per heavy atom. The van der Waals surface area contributed by atoms with Crippen molar-refractivity contribution < 1.29 is 19.7 Å². The number of aromatic nitrogens is 1. The molecule has 0 saturated heterocycles. The van der Waals surface area contributed by atoms with Crippen LogP contribution in [0.15, 0.2) is 18.5 Å². The summed E-state index contributed by atoms with van der Waals surface area (Å²) in [5, 5.41) is 24.1. The van der Waals surface area contributed by atoms with Crippen LogP contribution in [0.2, 0.25) is 0 Å². The first kappa shape index (κ1) is 21.2. The molecular formula is C15H25Cl2N3O4. The molecule has 0 aromatic carbocycles. The van der Waals surface area contributed by atoms with Gasteiger partial charge in [-0.25, -0.2) is 0 Å². The summed E-state index contributed by atoms with van der Waals surface area (Å²) < 4.78 is 11.1. The number of hydrogen-bond donors (Lipinski definition) is 4. The highest BCUT2D eigenvalue weighted by molar-refractivity contribution is 6.19. The maximum absolute atomic E-state index is 8.90. The van der Waals surface area contributed by atoms with E-state index in [-0.39, 0.29) is 38.2 Å². The third-order valence-electron chi connectivity index (χ3n) is 3.09. The molecule has 0 spiro atoms. The summed E-state index contributed by atoms with van der Waals surface area (Å²) in [6, 6.07) is 1.81. The topological polar surface area (TPSA) is 95.9 Å². The molecule has 1 heterocycles. The molecule has 0 aliphatic rings. The second-order valence-electron chi connectivity index (χ2n) is 5.59. The van der Waals surface area contributed by atoms with Crippen molar-refractivity contribution in [2.24, 2.45) is 0 Å². The van der Waals surface area contributed by atoms with Crippen LogP contribution in [0.5, 0.6) is 0 Å². The van der Waals surface area contributed by atoms with E-state index in [0.717, 1.165) is 0 Å².